The van der Waals surface area contributed by atoms with Gasteiger partial charge in [-0.05, 0) is 78.7 Å². The molecule has 1 aromatic heterocycles. The molecule has 0 spiro atoms. The normalized spacial score (nSPS) is 14.0. The maximum Gasteiger partial charge on any atom is 0.251 e. The Morgan fingerprint density at radius 3 is 2.76 bits per heavy atom. The zero-order valence-electron chi connectivity index (χ0n) is 18.0. The maximum atomic E-state index is 13.1. The van der Waals surface area contributed by atoms with E-state index in [9.17, 15) is 17.6 Å². The molecule has 1 amide bonds. The van der Waals surface area contributed by atoms with Gasteiger partial charge in [-0.1, -0.05) is 6.07 Å². The average molecular weight is 489 g/mol. The number of benzene rings is 2. The number of hydrogen-bond donors (Lipinski definition) is 1. The van der Waals surface area contributed by atoms with Crippen molar-refractivity contribution in [1.29, 1.82) is 0 Å². The van der Waals surface area contributed by atoms with Crippen molar-refractivity contribution in [2.75, 3.05) is 19.7 Å². The second-order valence-electron chi connectivity index (χ2n) is 7.75. The van der Waals surface area contributed by atoms with E-state index >= 15 is 0 Å². The lowest BCUT2D eigenvalue weighted by Crippen LogP contribution is -2.35. The number of unbranched alkanes of at least 4 members (excludes halogenated alkanes) is 1. The molecule has 3 aromatic rings. The summed E-state index contributed by atoms with van der Waals surface area (Å²) in [5.74, 6) is -0.0258. The fourth-order valence-electron chi connectivity index (χ4n) is 3.63. The van der Waals surface area contributed by atoms with Gasteiger partial charge in [0.2, 0.25) is 10.0 Å². The Balaban J connectivity index is 1.27. The molecule has 0 unspecified atom stereocenters. The van der Waals surface area contributed by atoms with E-state index in [-0.39, 0.29) is 16.6 Å². The smallest absolute Gasteiger partial charge is 0.251 e. The third-order valence-corrected chi connectivity index (χ3v) is 8.31. The summed E-state index contributed by atoms with van der Waals surface area (Å²) in [5, 5.41) is 4.81. The van der Waals surface area contributed by atoms with Gasteiger partial charge in [0.05, 0.1) is 11.5 Å². The highest BCUT2D eigenvalue weighted by atomic mass is 32.2. The number of thiophene rings is 1. The molecular weight excluding hydrogens is 463 g/mol. The molecule has 33 heavy (non-hydrogen) atoms. The highest BCUT2D eigenvalue weighted by Crippen LogP contribution is 2.28. The lowest BCUT2D eigenvalue weighted by atomic mass is 10.1. The van der Waals surface area contributed by atoms with Crippen LogP contribution in [-0.2, 0) is 23.0 Å². The number of ether oxygens (including phenoxy) is 1. The molecule has 0 radical (unpaired) electrons. The summed E-state index contributed by atoms with van der Waals surface area (Å²) in [6.07, 6.45) is 2.12. The van der Waals surface area contributed by atoms with Gasteiger partial charge in [0.1, 0.15) is 11.6 Å². The Morgan fingerprint density at radius 2 is 1.94 bits per heavy atom. The first kappa shape index (κ1) is 23.4. The highest BCUT2D eigenvalue weighted by Gasteiger charge is 2.29. The summed E-state index contributed by atoms with van der Waals surface area (Å²) in [6, 6.07) is 14.0. The van der Waals surface area contributed by atoms with Crippen LogP contribution in [0, 0.1) is 5.82 Å². The minimum Gasteiger partial charge on any atom is -0.494 e. The Morgan fingerprint density at radius 1 is 1.12 bits per heavy atom. The van der Waals surface area contributed by atoms with E-state index < -0.39 is 10.0 Å². The van der Waals surface area contributed by atoms with Crippen molar-refractivity contribution >= 4 is 27.3 Å². The number of nitrogens with one attached hydrogen (secondary N) is 1. The van der Waals surface area contributed by atoms with Crippen molar-refractivity contribution in [3.63, 3.8) is 0 Å². The van der Waals surface area contributed by atoms with Gasteiger partial charge in [0.25, 0.3) is 5.91 Å². The topological polar surface area (TPSA) is 75.7 Å². The SMILES string of the molecule is O=C(NCCCCOc1ccc(F)cc1)c1cccc(S(=O)(=O)N2CCc3sccc3C2)c1. The first-order valence-electron chi connectivity index (χ1n) is 10.8. The molecule has 1 aliphatic heterocycles. The third kappa shape index (κ3) is 5.79. The maximum absolute atomic E-state index is 13.1. The highest BCUT2D eigenvalue weighted by molar-refractivity contribution is 7.89. The van der Waals surface area contributed by atoms with Crippen LogP contribution in [0.2, 0.25) is 0 Å². The predicted molar refractivity (Wildman–Crippen MR) is 126 cm³/mol. The number of fused-ring (bicyclic) bond motifs is 1. The van der Waals surface area contributed by atoms with Crippen molar-refractivity contribution in [2.24, 2.45) is 0 Å². The summed E-state index contributed by atoms with van der Waals surface area (Å²) < 4.78 is 46.1. The molecule has 174 valence electrons. The Kier molecular flexibility index (Phi) is 7.42. The standard InChI is InChI=1S/C24H25FN2O4S2/c25-20-6-8-21(9-7-20)31-14-2-1-12-26-24(28)18-4-3-5-22(16-18)33(29,30)27-13-10-23-19(17-27)11-15-32-23/h3-9,11,15-16H,1-2,10,12-14,17H2,(H,26,28). The summed E-state index contributed by atoms with van der Waals surface area (Å²) in [4.78, 5) is 13.9. The summed E-state index contributed by atoms with van der Waals surface area (Å²) in [7, 11) is -3.68. The van der Waals surface area contributed by atoms with E-state index in [0.29, 0.717) is 56.8 Å². The van der Waals surface area contributed by atoms with Crippen LogP contribution >= 0.6 is 11.3 Å². The zero-order chi connectivity index (χ0) is 23.3. The Hall–Kier alpha value is -2.75. The molecule has 2 heterocycles. The molecule has 6 nitrogen and oxygen atoms in total. The number of carbonyl (C=O) groups is 1. The molecule has 2 aromatic carbocycles. The monoisotopic (exact) mass is 488 g/mol. The molecular formula is C24H25FN2O4S2. The minimum absolute atomic E-state index is 0.126. The van der Waals surface area contributed by atoms with E-state index in [4.69, 9.17) is 4.74 Å². The van der Waals surface area contributed by atoms with Crippen LogP contribution in [0.3, 0.4) is 0 Å². The van der Waals surface area contributed by atoms with Crippen LogP contribution in [0.25, 0.3) is 0 Å². The number of hydrogen-bond acceptors (Lipinski definition) is 5. The summed E-state index contributed by atoms with van der Waals surface area (Å²) >= 11 is 1.66. The van der Waals surface area contributed by atoms with E-state index in [1.54, 1.807) is 35.6 Å². The van der Waals surface area contributed by atoms with Crippen molar-refractivity contribution in [3.8, 4) is 5.75 Å². The van der Waals surface area contributed by atoms with Crippen LogP contribution in [0.5, 0.6) is 5.75 Å². The molecule has 4 rings (SSSR count). The van der Waals surface area contributed by atoms with Crippen LogP contribution in [0.1, 0.15) is 33.6 Å². The van der Waals surface area contributed by atoms with Gasteiger partial charge in [-0.3, -0.25) is 4.79 Å². The van der Waals surface area contributed by atoms with Crippen molar-refractivity contribution in [3.05, 3.63) is 81.8 Å². The van der Waals surface area contributed by atoms with Crippen molar-refractivity contribution in [2.45, 2.75) is 30.7 Å². The molecule has 0 saturated carbocycles. The Bertz CT molecular complexity index is 1210. The van der Waals surface area contributed by atoms with Gasteiger partial charge in [0, 0.05) is 30.1 Å². The van der Waals surface area contributed by atoms with Gasteiger partial charge in [0.15, 0.2) is 0 Å². The fourth-order valence-corrected chi connectivity index (χ4v) is 5.98. The number of amides is 1. The second kappa shape index (κ2) is 10.5. The van der Waals surface area contributed by atoms with Gasteiger partial charge in [-0.15, -0.1) is 11.3 Å². The number of rotatable bonds is 9. The molecule has 0 bridgehead atoms. The van der Waals surface area contributed by atoms with Crippen LogP contribution in [-0.4, -0.2) is 38.3 Å². The van der Waals surface area contributed by atoms with E-state index in [0.717, 1.165) is 5.56 Å². The van der Waals surface area contributed by atoms with Gasteiger partial charge < -0.3 is 10.1 Å². The first-order valence-corrected chi connectivity index (χ1v) is 13.1. The third-order valence-electron chi connectivity index (χ3n) is 5.45. The van der Waals surface area contributed by atoms with E-state index in [1.807, 2.05) is 11.4 Å². The van der Waals surface area contributed by atoms with Crippen molar-refractivity contribution < 1.29 is 22.3 Å². The summed E-state index contributed by atoms with van der Waals surface area (Å²) in [5.41, 5.74) is 1.36. The zero-order valence-corrected chi connectivity index (χ0v) is 19.6. The van der Waals surface area contributed by atoms with Gasteiger partial charge in [-0.25, -0.2) is 12.8 Å². The largest absolute Gasteiger partial charge is 0.494 e. The molecule has 0 atom stereocenters. The van der Waals surface area contributed by atoms with Crippen molar-refractivity contribution in [1.82, 2.24) is 9.62 Å². The Labute approximate surface area is 197 Å². The first-order chi connectivity index (χ1) is 15.9. The number of sulfonamides is 1. The minimum atomic E-state index is -3.68. The average Bonchev–Trinajstić information content (AvgIpc) is 3.30. The molecule has 0 fully saturated rings. The van der Waals surface area contributed by atoms with Crippen LogP contribution in [0.4, 0.5) is 4.39 Å². The van der Waals surface area contributed by atoms with E-state index in [1.165, 1.54) is 33.4 Å². The molecule has 1 aliphatic rings. The molecule has 0 aliphatic carbocycles. The van der Waals surface area contributed by atoms with Gasteiger partial charge >= 0.3 is 0 Å². The van der Waals surface area contributed by atoms with E-state index in [2.05, 4.69) is 5.32 Å². The van der Waals surface area contributed by atoms with Gasteiger partial charge in [-0.2, -0.15) is 4.31 Å². The quantitative estimate of drug-likeness (QED) is 0.458. The predicted octanol–water partition coefficient (Wildman–Crippen LogP) is 4.22. The van der Waals surface area contributed by atoms with Crippen LogP contribution in [0.15, 0.2) is 64.9 Å². The molecule has 9 heteroatoms. The van der Waals surface area contributed by atoms with Crippen LogP contribution < -0.4 is 10.1 Å². The fraction of sp³-hybridized carbons (Fsp3) is 0.292. The molecule has 1 N–H and O–H groups in total. The summed E-state index contributed by atoms with van der Waals surface area (Å²) in [6.45, 7) is 1.69. The number of nitrogens with zero attached hydrogens (tertiary/aromatic N) is 1. The lowest BCUT2D eigenvalue weighted by Gasteiger charge is -2.26. The lowest BCUT2D eigenvalue weighted by molar-refractivity contribution is 0.0952. The number of halogens is 1. The molecule has 0 saturated heterocycles. The number of carbonyl (C=O) groups excluding carboxylic acids is 1. The second-order valence-corrected chi connectivity index (χ2v) is 10.7.